The standard InChI is InChI=1S/C19H23N4O7P/c1-30-13-7-8-23(10-13)16-9-14(20-17(22-16)12-5-3-2-4-6-12)18(24)21-15(19(25)26)11-31(27,28)29/h2-6,9,13,15H,7-8,10-11H2,1H3,(H,21,24)(H,25,26)(H2,27,28,29)/t13-,15-/m0/s1. The Bertz CT molecular complexity index is 998. The molecule has 11 nitrogen and oxygen atoms in total. The highest BCUT2D eigenvalue weighted by Gasteiger charge is 2.30. The Labute approximate surface area is 178 Å². The maximum Gasteiger partial charge on any atom is 0.328 e. The van der Waals surface area contributed by atoms with E-state index in [1.54, 1.807) is 31.4 Å². The first-order chi connectivity index (χ1) is 14.7. The number of hydrogen-bond donors (Lipinski definition) is 4. The summed E-state index contributed by atoms with van der Waals surface area (Å²) in [6.07, 6.45) is -0.224. The van der Waals surface area contributed by atoms with E-state index in [0.717, 1.165) is 6.42 Å². The van der Waals surface area contributed by atoms with Crippen LogP contribution in [0.2, 0.25) is 0 Å². The molecule has 1 fully saturated rings. The van der Waals surface area contributed by atoms with Crippen LogP contribution in [0.3, 0.4) is 0 Å². The van der Waals surface area contributed by atoms with Crippen LogP contribution in [0.1, 0.15) is 16.9 Å². The molecule has 12 heteroatoms. The SMILES string of the molecule is CO[C@H]1CCN(c2cc(C(=O)N[C@@H](CP(=O)(O)O)C(=O)O)nc(-c3ccccc3)n2)C1. The van der Waals surface area contributed by atoms with Gasteiger partial charge in [-0.3, -0.25) is 9.36 Å². The molecule has 1 amide bonds. The lowest BCUT2D eigenvalue weighted by atomic mass is 10.2. The summed E-state index contributed by atoms with van der Waals surface area (Å²) in [5.41, 5.74) is 0.549. The van der Waals surface area contributed by atoms with Gasteiger partial charge in [-0.25, -0.2) is 14.8 Å². The smallest absolute Gasteiger partial charge is 0.328 e. The molecule has 2 aromatic rings. The zero-order valence-corrected chi connectivity index (χ0v) is 17.6. The summed E-state index contributed by atoms with van der Waals surface area (Å²) in [7, 11) is -3.05. The number of carbonyl (C=O) groups is 2. The Morgan fingerprint density at radius 2 is 2.00 bits per heavy atom. The molecule has 0 saturated carbocycles. The Hall–Kier alpha value is -2.85. The van der Waals surface area contributed by atoms with Gasteiger partial charge in [0.15, 0.2) is 5.82 Å². The average molecular weight is 450 g/mol. The lowest BCUT2D eigenvalue weighted by molar-refractivity contribution is -0.138. The van der Waals surface area contributed by atoms with Crippen molar-refractivity contribution in [2.75, 3.05) is 31.3 Å². The van der Waals surface area contributed by atoms with Crippen molar-refractivity contribution in [3.8, 4) is 11.4 Å². The Balaban J connectivity index is 1.94. The first-order valence-electron chi connectivity index (χ1n) is 9.47. The molecule has 4 N–H and O–H groups in total. The van der Waals surface area contributed by atoms with Crippen LogP contribution in [-0.2, 0) is 14.1 Å². The van der Waals surface area contributed by atoms with Crippen LogP contribution in [0.15, 0.2) is 36.4 Å². The lowest BCUT2D eigenvalue weighted by Crippen LogP contribution is -2.43. The van der Waals surface area contributed by atoms with Crippen LogP contribution in [0.4, 0.5) is 5.82 Å². The first kappa shape index (κ1) is 22.8. The van der Waals surface area contributed by atoms with E-state index in [-0.39, 0.29) is 17.6 Å². The molecular formula is C19H23N4O7P. The van der Waals surface area contributed by atoms with E-state index in [1.165, 1.54) is 6.07 Å². The van der Waals surface area contributed by atoms with Gasteiger partial charge in [0.2, 0.25) is 0 Å². The second-order valence-corrected chi connectivity index (χ2v) is 8.80. The summed E-state index contributed by atoms with van der Waals surface area (Å²) in [4.78, 5) is 53.1. The number of carbonyl (C=O) groups excluding carboxylic acids is 1. The van der Waals surface area contributed by atoms with Crippen LogP contribution in [0, 0.1) is 0 Å². The van der Waals surface area contributed by atoms with Gasteiger partial charge in [0.25, 0.3) is 5.91 Å². The molecule has 1 aromatic heterocycles. The fourth-order valence-corrected chi connectivity index (χ4v) is 3.94. The summed E-state index contributed by atoms with van der Waals surface area (Å²) in [6, 6.07) is 8.62. The Morgan fingerprint density at radius 3 is 2.58 bits per heavy atom. The fraction of sp³-hybridized carbons (Fsp3) is 0.368. The summed E-state index contributed by atoms with van der Waals surface area (Å²) >= 11 is 0. The molecule has 0 bridgehead atoms. The van der Waals surface area contributed by atoms with Gasteiger partial charge >= 0.3 is 13.6 Å². The fourth-order valence-electron chi connectivity index (χ4n) is 3.21. The number of benzene rings is 1. The molecule has 2 atom stereocenters. The number of aliphatic carboxylic acids is 1. The van der Waals surface area contributed by atoms with E-state index >= 15 is 0 Å². The number of carboxylic acid groups (broad SMARTS) is 1. The quantitative estimate of drug-likeness (QED) is 0.422. The number of amides is 1. The van der Waals surface area contributed by atoms with Crippen LogP contribution >= 0.6 is 7.60 Å². The predicted molar refractivity (Wildman–Crippen MR) is 111 cm³/mol. The predicted octanol–water partition coefficient (Wildman–Crippen LogP) is 0.729. The molecule has 0 unspecified atom stereocenters. The molecule has 1 saturated heterocycles. The number of carboxylic acids is 1. The molecule has 0 aliphatic carbocycles. The number of ether oxygens (including phenoxy) is 1. The first-order valence-corrected chi connectivity index (χ1v) is 11.3. The van der Waals surface area contributed by atoms with Crippen LogP contribution in [0.25, 0.3) is 11.4 Å². The van der Waals surface area contributed by atoms with Crippen molar-refractivity contribution in [2.45, 2.75) is 18.6 Å². The lowest BCUT2D eigenvalue weighted by Gasteiger charge is -2.19. The van der Waals surface area contributed by atoms with Gasteiger partial charge in [0.05, 0.1) is 12.3 Å². The number of methoxy groups -OCH3 is 1. The molecular weight excluding hydrogens is 427 g/mol. The van der Waals surface area contributed by atoms with Crippen molar-refractivity contribution in [1.29, 1.82) is 0 Å². The number of anilines is 1. The molecule has 1 aliphatic heterocycles. The largest absolute Gasteiger partial charge is 0.480 e. The minimum absolute atomic E-state index is 0.0204. The zero-order valence-electron chi connectivity index (χ0n) is 16.7. The maximum atomic E-state index is 12.8. The summed E-state index contributed by atoms with van der Waals surface area (Å²) in [6.45, 7) is 1.22. The molecule has 1 aliphatic rings. The van der Waals surface area contributed by atoms with Crippen molar-refractivity contribution in [3.63, 3.8) is 0 Å². The molecule has 1 aromatic carbocycles. The highest BCUT2D eigenvalue weighted by molar-refractivity contribution is 7.51. The third-order valence-corrected chi connectivity index (χ3v) is 5.64. The average Bonchev–Trinajstić information content (AvgIpc) is 3.22. The van der Waals surface area contributed by atoms with Crippen molar-refractivity contribution in [3.05, 3.63) is 42.1 Å². The van der Waals surface area contributed by atoms with E-state index < -0.39 is 31.7 Å². The second kappa shape index (κ2) is 9.52. The van der Waals surface area contributed by atoms with E-state index in [9.17, 15) is 19.3 Å². The van der Waals surface area contributed by atoms with Crippen molar-refractivity contribution >= 4 is 25.3 Å². The molecule has 166 valence electrons. The molecule has 0 spiro atoms. The minimum atomic E-state index is -4.67. The number of hydrogen-bond acceptors (Lipinski definition) is 7. The van der Waals surface area contributed by atoms with Gasteiger partial charge in [-0.1, -0.05) is 30.3 Å². The molecule has 0 radical (unpaired) electrons. The maximum absolute atomic E-state index is 12.8. The molecule has 31 heavy (non-hydrogen) atoms. The summed E-state index contributed by atoms with van der Waals surface area (Å²) in [5, 5.41) is 11.4. The van der Waals surface area contributed by atoms with Gasteiger partial charge in [-0.2, -0.15) is 0 Å². The second-order valence-electron chi connectivity index (χ2n) is 7.10. The van der Waals surface area contributed by atoms with E-state index in [1.807, 2.05) is 11.0 Å². The van der Waals surface area contributed by atoms with Gasteiger partial charge in [-0.15, -0.1) is 0 Å². The van der Waals surface area contributed by atoms with Crippen LogP contribution < -0.4 is 10.2 Å². The summed E-state index contributed by atoms with van der Waals surface area (Å²) in [5.74, 6) is -1.69. The van der Waals surface area contributed by atoms with Gasteiger partial charge in [-0.05, 0) is 6.42 Å². The highest BCUT2D eigenvalue weighted by Crippen LogP contribution is 2.35. The normalized spacial score (nSPS) is 17.4. The van der Waals surface area contributed by atoms with E-state index in [0.29, 0.717) is 24.5 Å². The number of nitrogens with zero attached hydrogens (tertiary/aromatic N) is 3. The number of rotatable bonds is 8. The highest BCUT2D eigenvalue weighted by atomic mass is 31.2. The van der Waals surface area contributed by atoms with Crippen molar-refractivity contribution < 1.29 is 33.8 Å². The monoisotopic (exact) mass is 450 g/mol. The topological polar surface area (TPSA) is 162 Å². The van der Waals surface area contributed by atoms with Crippen molar-refractivity contribution in [1.82, 2.24) is 15.3 Å². The number of aromatic nitrogens is 2. The molecule has 2 heterocycles. The Morgan fingerprint density at radius 1 is 1.29 bits per heavy atom. The van der Waals surface area contributed by atoms with Gasteiger partial charge in [0, 0.05) is 31.8 Å². The van der Waals surface area contributed by atoms with Crippen LogP contribution in [0.5, 0.6) is 0 Å². The molecule has 3 rings (SSSR count). The number of nitrogens with one attached hydrogen (secondary N) is 1. The summed E-state index contributed by atoms with van der Waals surface area (Å²) < 4.78 is 16.6. The van der Waals surface area contributed by atoms with Crippen molar-refractivity contribution in [2.24, 2.45) is 0 Å². The van der Waals surface area contributed by atoms with E-state index in [2.05, 4.69) is 15.3 Å². The van der Waals surface area contributed by atoms with E-state index in [4.69, 9.17) is 14.5 Å². The zero-order chi connectivity index (χ0) is 22.6. The van der Waals surface area contributed by atoms with Gasteiger partial charge < -0.3 is 29.8 Å². The van der Waals surface area contributed by atoms with Gasteiger partial charge in [0.1, 0.15) is 17.6 Å². The third-order valence-electron chi connectivity index (χ3n) is 4.80. The minimum Gasteiger partial charge on any atom is -0.480 e. The van der Waals surface area contributed by atoms with Crippen LogP contribution in [-0.4, -0.2) is 75.2 Å². The third kappa shape index (κ3) is 6.08. The Kier molecular flexibility index (Phi) is 7.01.